The first kappa shape index (κ1) is 22.9. The molecule has 2 aromatic heterocycles. The molecule has 0 saturated heterocycles. The summed E-state index contributed by atoms with van der Waals surface area (Å²) in [6.07, 6.45) is 3.53. The fourth-order valence-corrected chi connectivity index (χ4v) is 3.95. The second kappa shape index (κ2) is 10.2. The van der Waals surface area contributed by atoms with Crippen LogP contribution < -0.4 is 19.7 Å². The molecular weight excluding hydrogens is 616 g/mol. The van der Waals surface area contributed by atoms with Gasteiger partial charge in [-0.2, -0.15) is 6.07 Å². The Bertz CT molecular complexity index is 1440. The average Bonchev–Trinajstić information content (AvgIpc) is 3.30. The topological polar surface area (TPSA) is 47.5 Å². The van der Waals surface area contributed by atoms with Crippen LogP contribution in [0.2, 0.25) is 0 Å². The molecule has 0 saturated carbocycles. The molecule has 6 rings (SSSR count). The van der Waals surface area contributed by atoms with Gasteiger partial charge in [0, 0.05) is 23.9 Å². The second-order valence-corrected chi connectivity index (χ2v) is 7.72. The van der Waals surface area contributed by atoms with E-state index in [1.165, 1.54) is 0 Å². The summed E-state index contributed by atoms with van der Waals surface area (Å²) in [7, 11) is -0.350. The zero-order chi connectivity index (χ0) is 22.7. The molecule has 0 spiro atoms. The number of pyridine rings is 2. The summed E-state index contributed by atoms with van der Waals surface area (Å²) in [5.74, 6) is 2.64. The van der Waals surface area contributed by atoms with Gasteiger partial charge in [0.1, 0.15) is 5.75 Å². The van der Waals surface area contributed by atoms with Crippen molar-refractivity contribution in [2.75, 3.05) is 4.81 Å². The fourth-order valence-electron chi connectivity index (χ4n) is 3.95. The third kappa shape index (κ3) is 4.71. The first-order valence-electron chi connectivity index (χ1n) is 10.9. The van der Waals surface area contributed by atoms with E-state index in [1.54, 1.807) is 12.4 Å². The van der Waals surface area contributed by atoms with Crippen molar-refractivity contribution in [3.63, 3.8) is 0 Å². The Morgan fingerprint density at radius 1 is 0.714 bits per heavy atom. The smallest absolute Gasteiger partial charge is 0.535 e. The normalized spacial score (nSPS) is 11.9. The van der Waals surface area contributed by atoms with E-state index in [-0.39, 0.29) is 28.1 Å². The molecule has 0 unspecified atom stereocenters. The summed E-state index contributed by atoms with van der Waals surface area (Å²) in [6.45, 7) is 0. The number of ether oxygens (including phenoxy) is 1. The van der Waals surface area contributed by atoms with Crippen LogP contribution in [0.1, 0.15) is 0 Å². The Morgan fingerprint density at radius 2 is 1.49 bits per heavy atom. The minimum absolute atomic E-state index is 0. The van der Waals surface area contributed by atoms with Gasteiger partial charge in [-0.05, 0) is 29.4 Å². The van der Waals surface area contributed by atoms with E-state index in [2.05, 4.69) is 22.1 Å². The molecule has 0 amide bonds. The summed E-state index contributed by atoms with van der Waals surface area (Å²) in [4.78, 5) is 11.0. The van der Waals surface area contributed by atoms with Crippen molar-refractivity contribution in [3.05, 3.63) is 122 Å². The molecule has 1 aliphatic heterocycles. The Hall–Kier alpha value is -3.89. The minimum atomic E-state index is -0.350. The second-order valence-electron chi connectivity index (χ2n) is 7.72. The number of anilines is 2. The largest absolute Gasteiger partial charge is 2.00 e. The molecule has 0 N–H and O–H groups in total. The average molecular weight is 634 g/mol. The van der Waals surface area contributed by atoms with Crippen LogP contribution >= 0.6 is 0 Å². The first-order valence-corrected chi connectivity index (χ1v) is 10.9. The van der Waals surface area contributed by atoms with Crippen molar-refractivity contribution in [2.24, 2.45) is 0 Å². The van der Waals surface area contributed by atoms with Crippen LogP contribution in [0.15, 0.2) is 109 Å². The minimum Gasteiger partial charge on any atom is -0.535 e. The predicted octanol–water partition coefficient (Wildman–Crippen LogP) is 5.46. The van der Waals surface area contributed by atoms with Gasteiger partial charge in [0.2, 0.25) is 0 Å². The molecule has 0 atom stereocenters. The third-order valence-electron chi connectivity index (χ3n) is 5.48. The van der Waals surface area contributed by atoms with Crippen molar-refractivity contribution >= 4 is 24.0 Å². The molecule has 7 heteroatoms. The van der Waals surface area contributed by atoms with Crippen LogP contribution in [0.25, 0.3) is 11.3 Å². The Labute approximate surface area is 218 Å². The van der Waals surface area contributed by atoms with Crippen LogP contribution in [0, 0.1) is 12.1 Å². The van der Waals surface area contributed by atoms with Gasteiger partial charge in [0.05, 0.1) is 0 Å². The molecule has 3 aromatic carbocycles. The maximum atomic E-state index is 6.27. The molecule has 35 heavy (non-hydrogen) atoms. The van der Waals surface area contributed by atoms with Crippen molar-refractivity contribution in [1.82, 2.24) is 9.97 Å². The van der Waals surface area contributed by atoms with Gasteiger partial charge in [-0.15, -0.1) is 42.0 Å². The van der Waals surface area contributed by atoms with Gasteiger partial charge in [0.15, 0.2) is 5.82 Å². The molecule has 1 aliphatic rings. The molecule has 0 fully saturated rings. The summed E-state index contributed by atoms with van der Waals surface area (Å²) in [6, 6.07) is 37.9. The van der Waals surface area contributed by atoms with Crippen molar-refractivity contribution in [2.45, 2.75) is 0 Å². The SMILES string of the molecule is [Pt+2].[c-]1c(Oc2[c-]c(N3B(c4ccccc4)Oc4cccnc43)ccc2)cccc1-c1ccccn1. The van der Waals surface area contributed by atoms with E-state index in [0.717, 1.165) is 34.0 Å². The third-order valence-corrected chi connectivity index (χ3v) is 5.48. The zero-order valence-electron chi connectivity index (χ0n) is 18.4. The van der Waals surface area contributed by atoms with Gasteiger partial charge in [-0.25, -0.2) is 4.98 Å². The van der Waals surface area contributed by atoms with Gasteiger partial charge in [0.25, 0.3) is 0 Å². The Balaban J connectivity index is 0.00000253. The summed E-state index contributed by atoms with van der Waals surface area (Å²) in [5.41, 5.74) is 3.53. The molecule has 0 radical (unpaired) electrons. The number of fused-ring (bicyclic) bond motifs is 1. The molecule has 3 heterocycles. The molecule has 170 valence electrons. The number of rotatable bonds is 5. The summed E-state index contributed by atoms with van der Waals surface area (Å²) in [5, 5.41) is 0. The first-order chi connectivity index (χ1) is 16.8. The molecule has 5 aromatic rings. The van der Waals surface area contributed by atoms with E-state index < -0.39 is 0 Å². The van der Waals surface area contributed by atoms with Crippen LogP contribution in [0.5, 0.6) is 17.2 Å². The number of hydrogen-bond donors (Lipinski definition) is 0. The molecule has 0 aliphatic carbocycles. The Kier molecular flexibility index (Phi) is 6.64. The maximum Gasteiger partial charge on any atom is 2.00 e. The van der Waals surface area contributed by atoms with Crippen molar-refractivity contribution in [3.8, 4) is 28.5 Å². The zero-order valence-corrected chi connectivity index (χ0v) is 20.7. The van der Waals surface area contributed by atoms with Crippen LogP contribution in [0.3, 0.4) is 0 Å². The van der Waals surface area contributed by atoms with Gasteiger partial charge >= 0.3 is 28.1 Å². The van der Waals surface area contributed by atoms with Crippen molar-refractivity contribution in [1.29, 1.82) is 0 Å². The quantitative estimate of drug-likeness (QED) is 0.190. The number of hydrogen-bond acceptors (Lipinski definition) is 5. The molecule has 0 bridgehead atoms. The van der Waals surface area contributed by atoms with Crippen molar-refractivity contribution < 1.29 is 30.5 Å². The van der Waals surface area contributed by atoms with E-state index in [0.29, 0.717) is 11.5 Å². The Morgan fingerprint density at radius 3 is 2.31 bits per heavy atom. The number of aromatic nitrogens is 2. The van der Waals surface area contributed by atoms with Gasteiger partial charge < -0.3 is 19.2 Å². The number of nitrogens with zero attached hydrogens (tertiary/aromatic N) is 3. The van der Waals surface area contributed by atoms with Gasteiger partial charge in [-0.1, -0.05) is 54.2 Å². The molecule has 5 nitrogen and oxygen atoms in total. The monoisotopic (exact) mass is 634 g/mol. The maximum absolute atomic E-state index is 6.27. The van der Waals surface area contributed by atoms with Crippen LogP contribution in [-0.2, 0) is 21.1 Å². The van der Waals surface area contributed by atoms with Crippen LogP contribution in [-0.4, -0.2) is 17.0 Å². The van der Waals surface area contributed by atoms with E-state index in [9.17, 15) is 0 Å². The van der Waals surface area contributed by atoms with E-state index in [4.69, 9.17) is 9.39 Å². The van der Waals surface area contributed by atoms with E-state index in [1.807, 2.05) is 102 Å². The standard InChI is InChI=1S/C28H18BN3O2.Pt/c1-2-10-22(11-3-1)29-32(28-27(34-29)16-8-18-31-28)23-12-7-14-25(20-23)33-24-13-6-9-21(19-24)26-15-4-5-17-30-26;/h1-18H;/q-2;+2. The predicted molar refractivity (Wildman–Crippen MR) is 133 cm³/mol. The van der Waals surface area contributed by atoms with Gasteiger partial charge in [-0.3, -0.25) is 0 Å². The van der Waals surface area contributed by atoms with E-state index >= 15 is 0 Å². The molecular formula is C28H18BN3O2Pt. The number of benzene rings is 3. The summed E-state index contributed by atoms with van der Waals surface area (Å²) >= 11 is 0. The van der Waals surface area contributed by atoms with Crippen LogP contribution in [0.4, 0.5) is 11.5 Å². The summed E-state index contributed by atoms with van der Waals surface area (Å²) < 4.78 is 12.4. The fraction of sp³-hybridized carbons (Fsp3) is 0.